The third-order valence-corrected chi connectivity index (χ3v) is 4.76. The maximum atomic E-state index is 5.44. The highest BCUT2D eigenvalue weighted by atomic mass is 16.5. The number of nitrogens with one attached hydrogen (secondary N) is 2. The van der Waals surface area contributed by atoms with Crippen LogP contribution in [0.2, 0.25) is 0 Å². The Bertz CT molecular complexity index is 584. The van der Waals surface area contributed by atoms with Gasteiger partial charge in [-0.2, -0.15) is 0 Å². The molecule has 114 valence electrons. The van der Waals surface area contributed by atoms with Gasteiger partial charge >= 0.3 is 0 Å². The van der Waals surface area contributed by atoms with Crippen molar-refractivity contribution in [3.8, 4) is 0 Å². The molecule has 3 heteroatoms. The van der Waals surface area contributed by atoms with Gasteiger partial charge in [0, 0.05) is 36.4 Å². The zero-order valence-electron chi connectivity index (χ0n) is 13.1. The minimum atomic E-state index is 0.585. The van der Waals surface area contributed by atoms with Gasteiger partial charge in [0.15, 0.2) is 0 Å². The molecular formula is C18H26N2O. The zero-order chi connectivity index (χ0) is 14.7. The molecule has 2 N–H and O–H groups in total. The third-order valence-electron chi connectivity index (χ3n) is 4.76. The first-order valence-corrected chi connectivity index (χ1v) is 8.12. The summed E-state index contributed by atoms with van der Waals surface area (Å²) in [5, 5.41) is 5.06. The van der Waals surface area contributed by atoms with Crippen molar-refractivity contribution in [1.29, 1.82) is 0 Å². The Labute approximate surface area is 127 Å². The lowest BCUT2D eigenvalue weighted by molar-refractivity contribution is 0.0561. The van der Waals surface area contributed by atoms with E-state index in [0.717, 1.165) is 32.1 Å². The van der Waals surface area contributed by atoms with Crippen molar-refractivity contribution in [2.75, 3.05) is 19.8 Å². The number of benzene rings is 1. The maximum absolute atomic E-state index is 5.44. The first kappa shape index (κ1) is 14.6. The van der Waals surface area contributed by atoms with Crippen molar-refractivity contribution in [2.45, 2.75) is 39.2 Å². The first-order chi connectivity index (χ1) is 10.2. The Kier molecular flexibility index (Phi) is 4.61. The van der Waals surface area contributed by atoms with Crippen LogP contribution in [0.1, 0.15) is 30.9 Å². The fourth-order valence-corrected chi connectivity index (χ4v) is 3.32. The van der Waals surface area contributed by atoms with Crippen LogP contribution in [-0.2, 0) is 11.2 Å². The summed E-state index contributed by atoms with van der Waals surface area (Å²) in [5.41, 5.74) is 3.97. The van der Waals surface area contributed by atoms with Gasteiger partial charge < -0.3 is 15.0 Å². The van der Waals surface area contributed by atoms with E-state index < -0.39 is 0 Å². The molecule has 3 nitrogen and oxygen atoms in total. The second kappa shape index (κ2) is 6.63. The molecule has 0 aliphatic carbocycles. The molecule has 1 aliphatic heterocycles. The summed E-state index contributed by atoms with van der Waals surface area (Å²) in [7, 11) is 0. The van der Waals surface area contributed by atoms with Gasteiger partial charge in [-0.05, 0) is 62.8 Å². The summed E-state index contributed by atoms with van der Waals surface area (Å²) in [6.45, 7) is 7.35. The standard InChI is InChI=1S/C18H26N2O/c1-13-3-4-17-16(12-20-18(17)11-13)5-8-19-14(2)15-6-9-21-10-7-15/h3-4,11-12,14-15,19-20H,5-10H2,1-2H3/t14-/m1/s1. The van der Waals surface area contributed by atoms with E-state index in [1.165, 1.54) is 34.9 Å². The van der Waals surface area contributed by atoms with Crippen LogP contribution in [0, 0.1) is 12.8 Å². The molecule has 2 heterocycles. The van der Waals surface area contributed by atoms with Crippen molar-refractivity contribution >= 4 is 10.9 Å². The number of aryl methyl sites for hydroxylation is 1. The number of hydrogen-bond acceptors (Lipinski definition) is 2. The average Bonchev–Trinajstić information content (AvgIpc) is 2.90. The molecule has 3 rings (SSSR count). The molecule has 1 aromatic heterocycles. The molecule has 0 saturated carbocycles. The summed E-state index contributed by atoms with van der Waals surface area (Å²) in [6, 6.07) is 7.23. The Balaban J connectivity index is 1.54. The van der Waals surface area contributed by atoms with Crippen LogP contribution in [0.3, 0.4) is 0 Å². The van der Waals surface area contributed by atoms with E-state index in [9.17, 15) is 0 Å². The van der Waals surface area contributed by atoms with E-state index in [-0.39, 0.29) is 0 Å². The van der Waals surface area contributed by atoms with Crippen LogP contribution < -0.4 is 5.32 Å². The number of rotatable bonds is 5. The van der Waals surface area contributed by atoms with Crippen molar-refractivity contribution in [2.24, 2.45) is 5.92 Å². The highest BCUT2D eigenvalue weighted by Crippen LogP contribution is 2.21. The quantitative estimate of drug-likeness (QED) is 0.883. The summed E-state index contributed by atoms with van der Waals surface area (Å²) in [4.78, 5) is 3.39. The van der Waals surface area contributed by atoms with E-state index in [2.05, 4.69) is 48.5 Å². The number of aromatic amines is 1. The number of H-pyrrole nitrogens is 1. The number of fused-ring (bicyclic) bond motifs is 1. The van der Waals surface area contributed by atoms with Gasteiger partial charge in [0.05, 0.1) is 0 Å². The average molecular weight is 286 g/mol. The summed E-state index contributed by atoms with van der Waals surface area (Å²) < 4.78 is 5.44. The third kappa shape index (κ3) is 3.47. The lowest BCUT2D eigenvalue weighted by Crippen LogP contribution is -2.37. The van der Waals surface area contributed by atoms with Gasteiger partial charge in [0.2, 0.25) is 0 Å². The van der Waals surface area contributed by atoms with Crippen LogP contribution in [-0.4, -0.2) is 30.8 Å². The molecule has 0 amide bonds. The largest absolute Gasteiger partial charge is 0.381 e. The van der Waals surface area contributed by atoms with Crippen molar-refractivity contribution in [3.05, 3.63) is 35.5 Å². The molecule has 2 aromatic rings. The van der Waals surface area contributed by atoms with Gasteiger partial charge in [-0.1, -0.05) is 12.1 Å². The van der Waals surface area contributed by atoms with E-state index in [1.54, 1.807) is 0 Å². The minimum Gasteiger partial charge on any atom is -0.381 e. The Morgan fingerprint density at radius 2 is 2.14 bits per heavy atom. The van der Waals surface area contributed by atoms with Gasteiger partial charge in [0.1, 0.15) is 0 Å². The number of hydrogen-bond donors (Lipinski definition) is 2. The fraction of sp³-hybridized carbons (Fsp3) is 0.556. The summed E-state index contributed by atoms with van der Waals surface area (Å²) in [5.74, 6) is 0.768. The molecule has 0 spiro atoms. The SMILES string of the molecule is Cc1ccc2c(CCN[C@H](C)C3CCOCC3)c[nH]c2c1. The molecule has 1 atom stereocenters. The number of ether oxygens (including phenoxy) is 1. The highest BCUT2D eigenvalue weighted by Gasteiger charge is 2.19. The lowest BCUT2D eigenvalue weighted by atomic mass is 9.93. The second-order valence-corrected chi connectivity index (χ2v) is 6.31. The van der Waals surface area contributed by atoms with Gasteiger partial charge in [-0.25, -0.2) is 0 Å². The fourth-order valence-electron chi connectivity index (χ4n) is 3.32. The van der Waals surface area contributed by atoms with E-state index in [1.807, 2.05) is 0 Å². The Morgan fingerprint density at radius 1 is 1.33 bits per heavy atom. The zero-order valence-corrected chi connectivity index (χ0v) is 13.1. The maximum Gasteiger partial charge on any atom is 0.0469 e. The monoisotopic (exact) mass is 286 g/mol. The normalized spacial score (nSPS) is 18.2. The molecule has 0 radical (unpaired) electrons. The topological polar surface area (TPSA) is 37.0 Å². The molecule has 21 heavy (non-hydrogen) atoms. The Hall–Kier alpha value is -1.32. The number of aromatic nitrogens is 1. The van der Waals surface area contributed by atoms with Crippen molar-refractivity contribution in [1.82, 2.24) is 10.3 Å². The minimum absolute atomic E-state index is 0.585. The smallest absolute Gasteiger partial charge is 0.0469 e. The van der Waals surface area contributed by atoms with E-state index in [4.69, 9.17) is 4.74 Å². The van der Waals surface area contributed by atoms with Crippen LogP contribution >= 0.6 is 0 Å². The molecule has 1 saturated heterocycles. The second-order valence-electron chi connectivity index (χ2n) is 6.31. The molecular weight excluding hydrogens is 260 g/mol. The van der Waals surface area contributed by atoms with E-state index in [0.29, 0.717) is 6.04 Å². The first-order valence-electron chi connectivity index (χ1n) is 8.12. The van der Waals surface area contributed by atoms with Crippen molar-refractivity contribution in [3.63, 3.8) is 0 Å². The van der Waals surface area contributed by atoms with Gasteiger partial charge in [-0.15, -0.1) is 0 Å². The predicted molar refractivity (Wildman–Crippen MR) is 87.7 cm³/mol. The van der Waals surface area contributed by atoms with Crippen LogP contribution in [0.5, 0.6) is 0 Å². The molecule has 0 unspecified atom stereocenters. The van der Waals surface area contributed by atoms with Gasteiger partial charge in [-0.3, -0.25) is 0 Å². The van der Waals surface area contributed by atoms with Crippen LogP contribution in [0.25, 0.3) is 10.9 Å². The van der Waals surface area contributed by atoms with E-state index >= 15 is 0 Å². The molecule has 1 fully saturated rings. The predicted octanol–water partition coefficient (Wildman–Crippen LogP) is 3.42. The summed E-state index contributed by atoms with van der Waals surface area (Å²) >= 11 is 0. The summed E-state index contributed by atoms with van der Waals surface area (Å²) in [6.07, 6.45) is 5.63. The van der Waals surface area contributed by atoms with Crippen LogP contribution in [0.15, 0.2) is 24.4 Å². The van der Waals surface area contributed by atoms with Crippen molar-refractivity contribution < 1.29 is 4.74 Å². The molecule has 1 aliphatic rings. The van der Waals surface area contributed by atoms with Gasteiger partial charge in [0.25, 0.3) is 0 Å². The molecule has 0 bridgehead atoms. The lowest BCUT2D eigenvalue weighted by Gasteiger charge is -2.28. The van der Waals surface area contributed by atoms with Crippen LogP contribution in [0.4, 0.5) is 0 Å². The molecule has 1 aromatic carbocycles. The highest BCUT2D eigenvalue weighted by molar-refractivity contribution is 5.83. The Morgan fingerprint density at radius 3 is 2.95 bits per heavy atom.